The summed E-state index contributed by atoms with van der Waals surface area (Å²) in [5.41, 5.74) is 2.45. The van der Waals surface area contributed by atoms with Crippen LogP contribution in [0, 0.1) is 11.2 Å². The van der Waals surface area contributed by atoms with Gasteiger partial charge in [0.1, 0.15) is 5.75 Å². The molecule has 0 fully saturated rings. The third-order valence-electron chi connectivity index (χ3n) is 4.86. The molecule has 0 bridgehead atoms. The Labute approximate surface area is 155 Å². The predicted octanol–water partition coefficient (Wildman–Crippen LogP) is 6.66. The van der Waals surface area contributed by atoms with Crippen molar-refractivity contribution in [1.29, 1.82) is 0 Å². The SMILES string of the molecule is CC(C)(COCc1ccc(F)c(Oc2ccccc2)c1)C1=CCCCC1. The highest BCUT2D eigenvalue weighted by atomic mass is 19.1. The van der Waals surface area contributed by atoms with E-state index in [0.29, 0.717) is 19.0 Å². The molecule has 1 aliphatic carbocycles. The van der Waals surface area contributed by atoms with E-state index < -0.39 is 0 Å². The molecule has 0 heterocycles. The standard InChI is InChI=1S/C23H27FO2/c1-23(2,19-9-5-3-6-10-19)17-25-16-18-13-14-21(24)22(15-18)26-20-11-7-4-8-12-20/h4,7-9,11-15H,3,5-6,10,16-17H2,1-2H3. The van der Waals surface area contributed by atoms with Crippen LogP contribution in [0.1, 0.15) is 45.1 Å². The number of hydrogen-bond donors (Lipinski definition) is 0. The van der Waals surface area contributed by atoms with Crippen LogP contribution in [-0.4, -0.2) is 6.61 Å². The van der Waals surface area contributed by atoms with Gasteiger partial charge in [-0.1, -0.05) is 49.8 Å². The Morgan fingerprint density at radius 3 is 2.58 bits per heavy atom. The van der Waals surface area contributed by atoms with Crippen LogP contribution in [-0.2, 0) is 11.3 Å². The highest BCUT2D eigenvalue weighted by Crippen LogP contribution is 2.34. The molecule has 0 aliphatic heterocycles. The Balaban J connectivity index is 1.60. The number of rotatable bonds is 7. The fraction of sp³-hybridized carbons (Fsp3) is 0.391. The third-order valence-corrected chi connectivity index (χ3v) is 4.86. The van der Waals surface area contributed by atoms with Gasteiger partial charge in [0.25, 0.3) is 0 Å². The van der Waals surface area contributed by atoms with Crippen molar-refractivity contribution < 1.29 is 13.9 Å². The zero-order chi connectivity index (χ0) is 18.4. The molecule has 0 atom stereocenters. The molecule has 0 spiro atoms. The molecule has 0 aromatic heterocycles. The summed E-state index contributed by atoms with van der Waals surface area (Å²) < 4.78 is 25.7. The summed E-state index contributed by atoms with van der Waals surface area (Å²) in [6.45, 7) is 5.57. The number of ether oxygens (including phenoxy) is 2. The van der Waals surface area contributed by atoms with Crippen LogP contribution in [0.3, 0.4) is 0 Å². The van der Waals surface area contributed by atoms with Crippen molar-refractivity contribution in [2.75, 3.05) is 6.61 Å². The summed E-state index contributed by atoms with van der Waals surface area (Å²) in [5, 5.41) is 0. The second-order valence-corrected chi connectivity index (χ2v) is 7.53. The maximum Gasteiger partial charge on any atom is 0.165 e. The molecule has 0 N–H and O–H groups in total. The van der Waals surface area contributed by atoms with Gasteiger partial charge < -0.3 is 9.47 Å². The third kappa shape index (κ3) is 4.95. The van der Waals surface area contributed by atoms with Gasteiger partial charge in [0.05, 0.1) is 13.2 Å². The number of hydrogen-bond acceptors (Lipinski definition) is 2. The van der Waals surface area contributed by atoms with Crippen molar-refractivity contribution in [1.82, 2.24) is 0 Å². The first-order valence-corrected chi connectivity index (χ1v) is 9.33. The van der Waals surface area contributed by atoms with Gasteiger partial charge in [-0.25, -0.2) is 4.39 Å². The molecule has 26 heavy (non-hydrogen) atoms. The van der Waals surface area contributed by atoms with Crippen LogP contribution < -0.4 is 4.74 Å². The Hall–Kier alpha value is -2.13. The van der Waals surface area contributed by atoms with Crippen molar-refractivity contribution >= 4 is 0 Å². The molecule has 0 saturated carbocycles. The zero-order valence-corrected chi connectivity index (χ0v) is 15.6. The number of para-hydroxylation sites is 1. The summed E-state index contributed by atoms with van der Waals surface area (Å²) in [6, 6.07) is 14.1. The molecular weight excluding hydrogens is 327 g/mol. The molecule has 3 rings (SSSR count). The Morgan fingerprint density at radius 2 is 1.85 bits per heavy atom. The summed E-state index contributed by atoms with van der Waals surface area (Å²) in [7, 11) is 0. The second kappa shape index (κ2) is 8.50. The molecule has 0 unspecified atom stereocenters. The fourth-order valence-corrected chi connectivity index (χ4v) is 3.30. The van der Waals surface area contributed by atoms with Gasteiger partial charge in [0, 0.05) is 5.41 Å². The van der Waals surface area contributed by atoms with E-state index in [4.69, 9.17) is 9.47 Å². The molecule has 0 saturated heterocycles. The minimum absolute atomic E-state index is 0.0455. The minimum atomic E-state index is -0.370. The average Bonchev–Trinajstić information content (AvgIpc) is 2.66. The normalized spacial score (nSPS) is 14.8. The van der Waals surface area contributed by atoms with E-state index in [9.17, 15) is 4.39 Å². The van der Waals surface area contributed by atoms with E-state index in [1.165, 1.54) is 37.3 Å². The summed E-state index contributed by atoms with van der Waals surface area (Å²) >= 11 is 0. The smallest absolute Gasteiger partial charge is 0.165 e. The largest absolute Gasteiger partial charge is 0.454 e. The van der Waals surface area contributed by atoms with Crippen molar-refractivity contribution in [3.63, 3.8) is 0 Å². The first-order valence-electron chi connectivity index (χ1n) is 9.33. The molecule has 0 radical (unpaired) electrons. The first kappa shape index (κ1) is 18.7. The Kier molecular flexibility index (Phi) is 6.10. The van der Waals surface area contributed by atoms with Crippen LogP contribution in [0.4, 0.5) is 4.39 Å². The van der Waals surface area contributed by atoms with Crippen LogP contribution in [0.25, 0.3) is 0 Å². The number of allylic oxidation sites excluding steroid dienone is 1. The molecule has 1 aliphatic rings. The maximum atomic E-state index is 14.0. The van der Waals surface area contributed by atoms with E-state index in [1.54, 1.807) is 12.1 Å². The van der Waals surface area contributed by atoms with Gasteiger partial charge in [0.2, 0.25) is 0 Å². The monoisotopic (exact) mass is 354 g/mol. The molecule has 2 aromatic rings. The highest BCUT2D eigenvalue weighted by molar-refractivity contribution is 5.35. The van der Waals surface area contributed by atoms with E-state index in [0.717, 1.165) is 5.56 Å². The molecule has 0 amide bonds. The van der Waals surface area contributed by atoms with Gasteiger partial charge in [-0.2, -0.15) is 0 Å². The predicted molar refractivity (Wildman–Crippen MR) is 103 cm³/mol. The Bertz CT molecular complexity index is 750. The first-order chi connectivity index (χ1) is 12.5. The minimum Gasteiger partial charge on any atom is -0.454 e. The van der Waals surface area contributed by atoms with Crippen molar-refractivity contribution in [3.05, 3.63) is 71.6 Å². The van der Waals surface area contributed by atoms with Crippen molar-refractivity contribution in [2.24, 2.45) is 5.41 Å². The van der Waals surface area contributed by atoms with Crippen molar-refractivity contribution in [3.8, 4) is 11.5 Å². The van der Waals surface area contributed by atoms with Crippen molar-refractivity contribution in [2.45, 2.75) is 46.1 Å². The number of halogens is 1. The molecule has 2 nitrogen and oxygen atoms in total. The van der Waals surface area contributed by atoms with Crippen LogP contribution >= 0.6 is 0 Å². The van der Waals surface area contributed by atoms with Crippen LogP contribution in [0.15, 0.2) is 60.2 Å². The highest BCUT2D eigenvalue weighted by Gasteiger charge is 2.24. The zero-order valence-electron chi connectivity index (χ0n) is 15.6. The van der Waals surface area contributed by atoms with E-state index in [2.05, 4.69) is 19.9 Å². The Morgan fingerprint density at radius 1 is 1.04 bits per heavy atom. The summed E-state index contributed by atoms with van der Waals surface area (Å²) in [5.74, 6) is 0.478. The molecule has 2 aromatic carbocycles. The maximum absolute atomic E-state index is 14.0. The quantitative estimate of drug-likeness (QED) is 0.518. The topological polar surface area (TPSA) is 18.5 Å². The fourth-order valence-electron chi connectivity index (χ4n) is 3.30. The van der Waals surface area contributed by atoms with E-state index >= 15 is 0 Å². The van der Waals surface area contributed by atoms with Gasteiger partial charge >= 0.3 is 0 Å². The molecular formula is C23H27FO2. The van der Waals surface area contributed by atoms with Crippen LogP contribution in [0.5, 0.6) is 11.5 Å². The average molecular weight is 354 g/mol. The molecule has 138 valence electrons. The van der Waals surface area contributed by atoms with E-state index in [-0.39, 0.29) is 17.0 Å². The van der Waals surface area contributed by atoms with E-state index in [1.807, 2.05) is 30.3 Å². The van der Waals surface area contributed by atoms with Gasteiger partial charge in [-0.3, -0.25) is 0 Å². The lowest BCUT2D eigenvalue weighted by Gasteiger charge is -2.30. The lowest BCUT2D eigenvalue weighted by atomic mass is 9.79. The molecule has 3 heteroatoms. The van der Waals surface area contributed by atoms with Gasteiger partial charge in [-0.15, -0.1) is 0 Å². The lowest BCUT2D eigenvalue weighted by Crippen LogP contribution is -2.23. The van der Waals surface area contributed by atoms with Gasteiger partial charge in [-0.05, 0) is 55.5 Å². The summed E-state index contributed by atoms with van der Waals surface area (Å²) in [6.07, 6.45) is 7.28. The number of benzene rings is 2. The summed E-state index contributed by atoms with van der Waals surface area (Å²) in [4.78, 5) is 0. The van der Waals surface area contributed by atoms with Gasteiger partial charge in [0.15, 0.2) is 11.6 Å². The second-order valence-electron chi connectivity index (χ2n) is 7.53. The van der Waals surface area contributed by atoms with Crippen LogP contribution in [0.2, 0.25) is 0 Å². The lowest BCUT2D eigenvalue weighted by molar-refractivity contribution is 0.0649.